The fraction of sp³-hybridized carbons (Fsp3) is 0.250. The highest BCUT2D eigenvalue weighted by Crippen LogP contribution is 2.19. The van der Waals surface area contributed by atoms with Crippen molar-refractivity contribution in [3.05, 3.63) is 89.7 Å². The van der Waals surface area contributed by atoms with Crippen molar-refractivity contribution in [2.75, 3.05) is 5.32 Å². The van der Waals surface area contributed by atoms with Gasteiger partial charge in [0.15, 0.2) is 0 Å². The van der Waals surface area contributed by atoms with E-state index in [0.29, 0.717) is 19.6 Å². The lowest BCUT2D eigenvalue weighted by Crippen LogP contribution is -2.14. The fourth-order valence-electron chi connectivity index (χ4n) is 2.93. The van der Waals surface area contributed by atoms with Crippen LogP contribution in [0.3, 0.4) is 0 Å². The normalized spacial score (nSPS) is 10.5. The standard InChI is InChI=1S/C24H27N3O2/c1-2-6-24(28)27-22-12-10-19(11-13-22)15-26-17-21-8-3-4-9-23(21)29-18-20-7-5-14-25-16-20/h3-5,7-14,16,26H,2,6,15,17-18H2,1H3,(H,27,28). The Morgan fingerprint density at radius 2 is 1.79 bits per heavy atom. The molecule has 5 heteroatoms. The van der Waals surface area contributed by atoms with E-state index in [4.69, 9.17) is 4.74 Å². The van der Waals surface area contributed by atoms with Crippen molar-refractivity contribution in [2.45, 2.75) is 39.5 Å². The maximum absolute atomic E-state index is 11.7. The summed E-state index contributed by atoms with van der Waals surface area (Å²) in [6.45, 7) is 3.94. The highest BCUT2D eigenvalue weighted by molar-refractivity contribution is 5.90. The van der Waals surface area contributed by atoms with Gasteiger partial charge >= 0.3 is 0 Å². The van der Waals surface area contributed by atoms with Gasteiger partial charge in [0.1, 0.15) is 12.4 Å². The molecule has 1 aromatic heterocycles. The second-order valence-corrected chi connectivity index (χ2v) is 6.86. The number of carbonyl (C=O) groups excluding carboxylic acids is 1. The highest BCUT2D eigenvalue weighted by Gasteiger charge is 2.04. The molecule has 3 rings (SSSR count). The fourth-order valence-corrected chi connectivity index (χ4v) is 2.93. The van der Waals surface area contributed by atoms with Gasteiger partial charge in [-0.1, -0.05) is 43.3 Å². The lowest BCUT2D eigenvalue weighted by molar-refractivity contribution is -0.116. The quantitative estimate of drug-likeness (QED) is 0.528. The Morgan fingerprint density at radius 3 is 2.55 bits per heavy atom. The smallest absolute Gasteiger partial charge is 0.224 e. The Hall–Kier alpha value is -3.18. The van der Waals surface area contributed by atoms with Gasteiger partial charge in [0, 0.05) is 48.7 Å². The van der Waals surface area contributed by atoms with Crippen LogP contribution in [0.4, 0.5) is 5.69 Å². The van der Waals surface area contributed by atoms with Crippen LogP contribution in [-0.4, -0.2) is 10.9 Å². The second-order valence-electron chi connectivity index (χ2n) is 6.86. The molecule has 0 bridgehead atoms. The van der Waals surface area contributed by atoms with E-state index in [1.165, 1.54) is 0 Å². The van der Waals surface area contributed by atoms with Gasteiger partial charge in [-0.05, 0) is 36.2 Å². The number of nitrogens with zero attached hydrogens (tertiary/aromatic N) is 1. The Morgan fingerprint density at radius 1 is 0.966 bits per heavy atom. The van der Waals surface area contributed by atoms with E-state index < -0.39 is 0 Å². The molecular weight excluding hydrogens is 362 g/mol. The third-order valence-electron chi connectivity index (χ3n) is 4.45. The molecular formula is C24H27N3O2. The van der Waals surface area contributed by atoms with E-state index in [-0.39, 0.29) is 5.91 Å². The summed E-state index contributed by atoms with van der Waals surface area (Å²) in [6, 6.07) is 19.9. The first-order chi connectivity index (χ1) is 14.2. The molecule has 0 aliphatic carbocycles. The maximum atomic E-state index is 11.7. The van der Waals surface area contributed by atoms with Gasteiger partial charge in [-0.25, -0.2) is 0 Å². The van der Waals surface area contributed by atoms with Crippen molar-refractivity contribution in [1.82, 2.24) is 10.3 Å². The number of benzene rings is 2. The molecule has 5 nitrogen and oxygen atoms in total. The first-order valence-electron chi connectivity index (χ1n) is 9.93. The van der Waals surface area contributed by atoms with Crippen molar-refractivity contribution in [2.24, 2.45) is 0 Å². The third kappa shape index (κ3) is 6.73. The Kier molecular flexibility index (Phi) is 7.78. The summed E-state index contributed by atoms with van der Waals surface area (Å²) >= 11 is 0. The first-order valence-corrected chi connectivity index (χ1v) is 9.93. The Balaban J connectivity index is 1.49. The minimum Gasteiger partial charge on any atom is -0.489 e. The van der Waals surface area contributed by atoms with Crippen LogP contribution >= 0.6 is 0 Å². The summed E-state index contributed by atoms with van der Waals surface area (Å²) in [5.41, 5.74) is 4.15. The monoisotopic (exact) mass is 389 g/mol. The van der Waals surface area contributed by atoms with Gasteiger partial charge in [-0.15, -0.1) is 0 Å². The van der Waals surface area contributed by atoms with E-state index in [1.807, 2.05) is 67.7 Å². The van der Waals surface area contributed by atoms with Gasteiger partial charge in [-0.3, -0.25) is 9.78 Å². The maximum Gasteiger partial charge on any atom is 0.224 e. The van der Waals surface area contributed by atoms with Crippen LogP contribution in [0.2, 0.25) is 0 Å². The summed E-state index contributed by atoms with van der Waals surface area (Å²) in [5.74, 6) is 0.930. The molecule has 29 heavy (non-hydrogen) atoms. The molecule has 0 saturated heterocycles. The largest absolute Gasteiger partial charge is 0.489 e. The van der Waals surface area contributed by atoms with Crippen LogP contribution < -0.4 is 15.4 Å². The number of nitrogens with one attached hydrogen (secondary N) is 2. The van der Waals surface area contributed by atoms with Gasteiger partial charge < -0.3 is 15.4 Å². The molecule has 0 saturated carbocycles. The van der Waals surface area contributed by atoms with Gasteiger partial charge in [0.05, 0.1) is 0 Å². The molecule has 150 valence electrons. The number of aromatic nitrogens is 1. The lowest BCUT2D eigenvalue weighted by atomic mass is 10.1. The van der Waals surface area contributed by atoms with Crippen molar-refractivity contribution < 1.29 is 9.53 Å². The summed E-state index contributed by atoms with van der Waals surface area (Å²) in [7, 11) is 0. The van der Waals surface area contributed by atoms with Crippen LogP contribution in [-0.2, 0) is 24.5 Å². The SMILES string of the molecule is CCCC(=O)Nc1ccc(CNCc2ccccc2OCc2cccnc2)cc1. The van der Waals surface area contributed by atoms with Crippen LogP contribution in [0.1, 0.15) is 36.5 Å². The molecule has 0 aliphatic rings. The van der Waals surface area contributed by atoms with Crippen LogP contribution in [0.15, 0.2) is 73.1 Å². The number of anilines is 1. The van der Waals surface area contributed by atoms with Crippen molar-refractivity contribution in [3.63, 3.8) is 0 Å². The first kappa shape index (κ1) is 20.6. The van der Waals surface area contributed by atoms with Gasteiger partial charge in [0.2, 0.25) is 5.91 Å². The molecule has 0 aliphatic heterocycles. The van der Waals surface area contributed by atoms with Crippen LogP contribution in [0, 0.1) is 0 Å². The van der Waals surface area contributed by atoms with E-state index >= 15 is 0 Å². The Labute approximate surface area is 172 Å². The number of rotatable bonds is 10. The minimum absolute atomic E-state index is 0.0567. The number of hydrogen-bond donors (Lipinski definition) is 2. The Bertz CT molecular complexity index is 896. The van der Waals surface area contributed by atoms with Crippen LogP contribution in [0.25, 0.3) is 0 Å². The van der Waals surface area contributed by atoms with Gasteiger partial charge in [0.25, 0.3) is 0 Å². The summed E-state index contributed by atoms with van der Waals surface area (Å²) in [5, 5.41) is 6.36. The molecule has 0 atom stereocenters. The van der Waals surface area contributed by atoms with E-state index in [9.17, 15) is 4.79 Å². The average Bonchev–Trinajstić information content (AvgIpc) is 2.75. The summed E-state index contributed by atoms with van der Waals surface area (Å²) in [6.07, 6.45) is 4.97. The third-order valence-corrected chi connectivity index (χ3v) is 4.45. The van der Waals surface area contributed by atoms with E-state index in [2.05, 4.69) is 21.7 Å². The molecule has 2 N–H and O–H groups in total. The molecule has 3 aromatic rings. The van der Waals surface area contributed by atoms with Crippen molar-refractivity contribution >= 4 is 11.6 Å². The number of para-hydroxylation sites is 1. The van der Waals surface area contributed by atoms with Crippen molar-refractivity contribution in [1.29, 1.82) is 0 Å². The predicted molar refractivity (Wildman–Crippen MR) is 116 cm³/mol. The van der Waals surface area contributed by atoms with E-state index in [1.54, 1.807) is 6.20 Å². The zero-order chi connectivity index (χ0) is 20.3. The number of ether oxygens (including phenoxy) is 1. The minimum atomic E-state index is 0.0567. The van der Waals surface area contributed by atoms with Crippen molar-refractivity contribution in [3.8, 4) is 5.75 Å². The molecule has 2 aromatic carbocycles. The topological polar surface area (TPSA) is 63.2 Å². The van der Waals surface area contributed by atoms with Gasteiger partial charge in [-0.2, -0.15) is 0 Å². The molecule has 1 amide bonds. The van der Waals surface area contributed by atoms with E-state index in [0.717, 1.165) is 41.1 Å². The zero-order valence-corrected chi connectivity index (χ0v) is 16.7. The average molecular weight is 389 g/mol. The highest BCUT2D eigenvalue weighted by atomic mass is 16.5. The number of carbonyl (C=O) groups is 1. The molecule has 1 heterocycles. The van der Waals surface area contributed by atoms with Crippen LogP contribution in [0.5, 0.6) is 5.75 Å². The second kappa shape index (κ2) is 11.0. The molecule has 0 spiro atoms. The summed E-state index contributed by atoms with van der Waals surface area (Å²) in [4.78, 5) is 15.8. The molecule has 0 radical (unpaired) electrons. The number of hydrogen-bond acceptors (Lipinski definition) is 4. The molecule has 0 fully saturated rings. The lowest BCUT2D eigenvalue weighted by Gasteiger charge is -2.12. The zero-order valence-electron chi connectivity index (χ0n) is 16.7. The number of pyridine rings is 1. The predicted octanol–water partition coefficient (Wildman–Crippen LogP) is 4.69. The molecule has 0 unspecified atom stereocenters. The number of amides is 1. The summed E-state index contributed by atoms with van der Waals surface area (Å²) < 4.78 is 5.98.